The molecule has 1 aromatic heterocycles. The van der Waals surface area contributed by atoms with E-state index < -0.39 is 5.97 Å². The van der Waals surface area contributed by atoms with Crippen LogP contribution >= 0.6 is 0 Å². The Morgan fingerprint density at radius 2 is 1.72 bits per heavy atom. The van der Waals surface area contributed by atoms with Crippen LogP contribution in [0.2, 0.25) is 0 Å². The van der Waals surface area contributed by atoms with E-state index in [1.54, 1.807) is 13.2 Å². The van der Waals surface area contributed by atoms with Gasteiger partial charge in [-0.1, -0.05) is 18.2 Å². The van der Waals surface area contributed by atoms with Gasteiger partial charge in [0.15, 0.2) is 6.61 Å². The standard InChI is InChI=1S/C26H28N2O4/c1-17-7-6-8-18(2)28(17)25(29)16-32-26(30)22-15-24(19-11-13-20(31-3)14-12-19)27-23-10-5-4-9-21(22)23/h4-5,9-15,17-18H,6-8,16H2,1-3H3/t17-,18+. The van der Waals surface area contributed by atoms with Gasteiger partial charge in [0, 0.05) is 23.0 Å². The number of nitrogens with zero attached hydrogens (tertiary/aromatic N) is 2. The fourth-order valence-electron chi connectivity index (χ4n) is 4.45. The molecule has 32 heavy (non-hydrogen) atoms. The number of para-hydroxylation sites is 1. The third kappa shape index (κ3) is 4.44. The molecule has 0 N–H and O–H groups in total. The molecule has 1 aliphatic heterocycles. The Balaban J connectivity index is 1.59. The third-order valence-corrected chi connectivity index (χ3v) is 6.13. The summed E-state index contributed by atoms with van der Waals surface area (Å²) in [5, 5.41) is 0.696. The van der Waals surface area contributed by atoms with Crippen LogP contribution in [-0.4, -0.2) is 47.6 Å². The molecule has 0 radical (unpaired) electrons. The van der Waals surface area contributed by atoms with E-state index in [9.17, 15) is 9.59 Å². The number of pyridine rings is 1. The zero-order chi connectivity index (χ0) is 22.7. The first-order valence-electron chi connectivity index (χ1n) is 11.0. The van der Waals surface area contributed by atoms with Gasteiger partial charge in [-0.2, -0.15) is 0 Å². The number of hydrogen-bond donors (Lipinski definition) is 0. The van der Waals surface area contributed by atoms with Crippen molar-refractivity contribution in [1.29, 1.82) is 0 Å². The van der Waals surface area contributed by atoms with Crippen LogP contribution in [0.15, 0.2) is 54.6 Å². The van der Waals surface area contributed by atoms with Crippen LogP contribution in [0.5, 0.6) is 5.75 Å². The van der Waals surface area contributed by atoms with E-state index >= 15 is 0 Å². The Hall–Kier alpha value is -3.41. The average molecular weight is 433 g/mol. The van der Waals surface area contributed by atoms with Gasteiger partial charge in [-0.25, -0.2) is 9.78 Å². The lowest BCUT2D eigenvalue weighted by molar-refractivity contribution is -0.140. The van der Waals surface area contributed by atoms with Crippen molar-refractivity contribution in [2.45, 2.75) is 45.2 Å². The Kier molecular flexibility index (Phi) is 6.40. The lowest BCUT2D eigenvalue weighted by atomic mass is 9.97. The van der Waals surface area contributed by atoms with Crippen LogP contribution in [0.4, 0.5) is 0 Å². The van der Waals surface area contributed by atoms with Crippen molar-refractivity contribution in [3.05, 3.63) is 60.2 Å². The topological polar surface area (TPSA) is 68.7 Å². The number of methoxy groups -OCH3 is 1. The average Bonchev–Trinajstić information content (AvgIpc) is 2.81. The van der Waals surface area contributed by atoms with Gasteiger partial charge in [0.1, 0.15) is 5.75 Å². The molecule has 166 valence electrons. The van der Waals surface area contributed by atoms with Gasteiger partial charge >= 0.3 is 5.97 Å². The van der Waals surface area contributed by atoms with E-state index in [1.165, 1.54) is 0 Å². The summed E-state index contributed by atoms with van der Waals surface area (Å²) in [6.45, 7) is 3.84. The molecule has 4 rings (SSSR count). The van der Waals surface area contributed by atoms with Gasteiger partial charge in [0.2, 0.25) is 0 Å². The van der Waals surface area contributed by atoms with Crippen LogP contribution in [0.1, 0.15) is 43.5 Å². The highest BCUT2D eigenvalue weighted by atomic mass is 16.5. The number of hydrogen-bond acceptors (Lipinski definition) is 5. The van der Waals surface area contributed by atoms with Gasteiger partial charge in [0.05, 0.1) is 23.9 Å². The van der Waals surface area contributed by atoms with E-state index in [0.717, 1.165) is 30.6 Å². The number of carbonyl (C=O) groups is 2. The summed E-state index contributed by atoms with van der Waals surface area (Å²) in [5.74, 6) is 0.0738. The van der Waals surface area contributed by atoms with Crippen molar-refractivity contribution in [1.82, 2.24) is 9.88 Å². The van der Waals surface area contributed by atoms with Gasteiger partial charge < -0.3 is 14.4 Å². The zero-order valence-corrected chi connectivity index (χ0v) is 18.7. The molecule has 0 unspecified atom stereocenters. The number of carbonyl (C=O) groups excluding carboxylic acids is 2. The largest absolute Gasteiger partial charge is 0.497 e. The molecule has 2 aromatic carbocycles. The normalized spacial score (nSPS) is 18.4. The van der Waals surface area contributed by atoms with Crippen LogP contribution in [0, 0.1) is 0 Å². The van der Waals surface area contributed by atoms with Crippen molar-refractivity contribution in [2.75, 3.05) is 13.7 Å². The van der Waals surface area contributed by atoms with E-state index in [4.69, 9.17) is 14.5 Å². The molecule has 1 saturated heterocycles. The smallest absolute Gasteiger partial charge is 0.339 e. The fourth-order valence-corrected chi connectivity index (χ4v) is 4.45. The zero-order valence-electron chi connectivity index (χ0n) is 18.7. The predicted octanol–water partition coefficient (Wildman–Crippen LogP) is 4.86. The molecule has 3 aromatic rings. The highest BCUT2D eigenvalue weighted by Crippen LogP contribution is 2.27. The Labute approximate surface area is 188 Å². The Morgan fingerprint density at radius 1 is 1.03 bits per heavy atom. The highest BCUT2D eigenvalue weighted by Gasteiger charge is 2.29. The summed E-state index contributed by atoms with van der Waals surface area (Å²) < 4.78 is 10.7. The van der Waals surface area contributed by atoms with Crippen molar-refractivity contribution >= 4 is 22.8 Å². The quantitative estimate of drug-likeness (QED) is 0.539. The van der Waals surface area contributed by atoms with Crippen molar-refractivity contribution in [2.24, 2.45) is 0 Å². The predicted molar refractivity (Wildman–Crippen MR) is 124 cm³/mol. The van der Waals surface area contributed by atoms with Gasteiger partial charge in [-0.05, 0) is 69.5 Å². The minimum Gasteiger partial charge on any atom is -0.497 e. The third-order valence-electron chi connectivity index (χ3n) is 6.13. The lowest BCUT2D eigenvalue weighted by Gasteiger charge is -2.38. The SMILES string of the molecule is COc1ccc(-c2cc(C(=O)OCC(=O)N3[C@H](C)CCC[C@@H]3C)c3ccccc3n2)cc1. The van der Waals surface area contributed by atoms with E-state index in [2.05, 4.69) is 0 Å². The second-order valence-electron chi connectivity index (χ2n) is 8.31. The molecular formula is C26H28N2O4. The monoisotopic (exact) mass is 432 g/mol. The lowest BCUT2D eigenvalue weighted by Crippen LogP contribution is -2.49. The summed E-state index contributed by atoms with van der Waals surface area (Å²) in [7, 11) is 1.62. The minimum atomic E-state index is -0.524. The first-order chi connectivity index (χ1) is 15.5. The van der Waals surface area contributed by atoms with E-state index in [-0.39, 0.29) is 24.6 Å². The first-order valence-corrected chi connectivity index (χ1v) is 11.0. The van der Waals surface area contributed by atoms with E-state index in [0.29, 0.717) is 22.2 Å². The maximum absolute atomic E-state index is 13.1. The van der Waals surface area contributed by atoms with Gasteiger partial charge in [-0.3, -0.25) is 4.79 Å². The number of amides is 1. The highest BCUT2D eigenvalue weighted by molar-refractivity contribution is 6.05. The molecule has 0 bridgehead atoms. The number of aromatic nitrogens is 1. The van der Waals surface area contributed by atoms with Gasteiger partial charge in [-0.15, -0.1) is 0 Å². The number of esters is 1. The van der Waals surface area contributed by atoms with Crippen molar-refractivity contribution in [3.8, 4) is 17.0 Å². The second kappa shape index (κ2) is 9.39. The summed E-state index contributed by atoms with van der Waals surface area (Å²) in [6.07, 6.45) is 3.07. The first kappa shape index (κ1) is 21.8. The van der Waals surface area contributed by atoms with Crippen LogP contribution < -0.4 is 4.74 Å². The molecule has 1 fully saturated rings. The summed E-state index contributed by atoms with van der Waals surface area (Å²) in [5.41, 5.74) is 2.60. The number of benzene rings is 2. The Bertz CT molecular complexity index is 1120. The van der Waals surface area contributed by atoms with Crippen molar-refractivity contribution in [3.63, 3.8) is 0 Å². The summed E-state index contributed by atoms with van der Waals surface area (Å²) in [4.78, 5) is 32.4. The number of fused-ring (bicyclic) bond motifs is 1. The minimum absolute atomic E-state index is 0.146. The summed E-state index contributed by atoms with van der Waals surface area (Å²) >= 11 is 0. The molecule has 2 atom stereocenters. The maximum Gasteiger partial charge on any atom is 0.339 e. The van der Waals surface area contributed by atoms with E-state index in [1.807, 2.05) is 67.3 Å². The van der Waals surface area contributed by atoms with Crippen molar-refractivity contribution < 1.29 is 19.1 Å². The number of likely N-dealkylation sites (tertiary alicyclic amines) is 1. The second-order valence-corrected chi connectivity index (χ2v) is 8.31. The molecule has 6 heteroatoms. The van der Waals surface area contributed by atoms with Crippen LogP contribution in [0.25, 0.3) is 22.2 Å². The molecule has 0 spiro atoms. The molecular weight excluding hydrogens is 404 g/mol. The molecule has 0 saturated carbocycles. The molecule has 6 nitrogen and oxygen atoms in total. The van der Waals surface area contributed by atoms with Gasteiger partial charge in [0.25, 0.3) is 5.91 Å². The maximum atomic E-state index is 13.1. The number of rotatable bonds is 5. The summed E-state index contributed by atoms with van der Waals surface area (Å²) in [6, 6.07) is 17.0. The van der Waals surface area contributed by atoms with Crippen LogP contribution in [-0.2, 0) is 9.53 Å². The number of piperidine rings is 1. The molecule has 2 heterocycles. The molecule has 1 amide bonds. The molecule has 1 aliphatic rings. The van der Waals surface area contributed by atoms with Crippen LogP contribution in [0.3, 0.4) is 0 Å². The number of ether oxygens (including phenoxy) is 2. The fraction of sp³-hybridized carbons (Fsp3) is 0.346. The molecule has 0 aliphatic carbocycles. The Morgan fingerprint density at radius 3 is 2.41 bits per heavy atom.